The summed E-state index contributed by atoms with van der Waals surface area (Å²) in [6.45, 7) is 7.48. The summed E-state index contributed by atoms with van der Waals surface area (Å²) in [6, 6.07) is 11.9. The topological polar surface area (TPSA) is 52.7 Å². The zero-order chi connectivity index (χ0) is 22.5. The summed E-state index contributed by atoms with van der Waals surface area (Å²) < 4.78 is 27.0. The molecule has 1 aliphatic heterocycles. The molecule has 31 heavy (non-hydrogen) atoms. The molecule has 1 atom stereocenters. The van der Waals surface area contributed by atoms with Crippen molar-refractivity contribution in [2.45, 2.75) is 32.9 Å². The Balaban J connectivity index is 1.77. The monoisotopic (exact) mass is 429 g/mol. The quantitative estimate of drug-likeness (QED) is 0.766. The average molecular weight is 430 g/mol. The van der Waals surface area contributed by atoms with Gasteiger partial charge in [0.25, 0.3) is 0 Å². The smallest absolute Gasteiger partial charge is 0.245 e. The minimum absolute atomic E-state index is 0.0133. The van der Waals surface area contributed by atoms with Crippen molar-refractivity contribution in [3.8, 4) is 0 Å². The second kappa shape index (κ2) is 10.0. The number of carbonyl (C=O) groups is 2. The molecule has 1 heterocycles. The molecule has 0 saturated carbocycles. The van der Waals surface area contributed by atoms with Crippen LogP contribution in [0.3, 0.4) is 0 Å². The van der Waals surface area contributed by atoms with Crippen LogP contribution in [0.4, 0.5) is 8.78 Å². The summed E-state index contributed by atoms with van der Waals surface area (Å²) in [5.41, 5.74) is 1.82. The molecule has 2 aromatic carbocycles. The van der Waals surface area contributed by atoms with Crippen molar-refractivity contribution < 1.29 is 18.4 Å². The van der Waals surface area contributed by atoms with Crippen molar-refractivity contribution in [3.63, 3.8) is 0 Å². The van der Waals surface area contributed by atoms with Crippen LogP contribution >= 0.6 is 0 Å². The van der Waals surface area contributed by atoms with E-state index in [1.165, 1.54) is 31.2 Å². The molecule has 2 aromatic rings. The maximum atomic E-state index is 13.5. The lowest BCUT2D eigenvalue weighted by molar-refractivity contribution is -0.139. The zero-order valence-electron chi connectivity index (χ0n) is 18.1. The predicted molar refractivity (Wildman–Crippen MR) is 115 cm³/mol. The molecule has 166 valence electrons. The van der Waals surface area contributed by atoms with Crippen LogP contribution in [0.1, 0.15) is 37.9 Å². The molecular formula is C24H29F2N3O2. The molecule has 0 radical (unpaired) electrons. The van der Waals surface area contributed by atoms with E-state index in [9.17, 15) is 18.4 Å². The van der Waals surface area contributed by atoms with E-state index in [4.69, 9.17) is 0 Å². The van der Waals surface area contributed by atoms with Gasteiger partial charge in [-0.1, -0.05) is 38.1 Å². The summed E-state index contributed by atoms with van der Waals surface area (Å²) in [7, 11) is 0. The van der Waals surface area contributed by atoms with Crippen molar-refractivity contribution in [2.75, 3.05) is 26.2 Å². The summed E-state index contributed by atoms with van der Waals surface area (Å²) in [6.07, 6.45) is 0. The highest BCUT2D eigenvalue weighted by Crippen LogP contribution is 2.30. The SMILES string of the molecule is CC(=O)N[C@H](C(=O)N1CCN(C(c2ccc(F)cc2)c2ccc(F)cc2)CC1)C(C)C. The predicted octanol–water partition coefficient (Wildman–Crippen LogP) is 3.36. The van der Waals surface area contributed by atoms with E-state index >= 15 is 0 Å². The Labute approximate surface area is 182 Å². The third kappa shape index (κ3) is 5.67. The lowest BCUT2D eigenvalue weighted by atomic mass is 9.96. The van der Waals surface area contributed by atoms with Crippen molar-refractivity contribution >= 4 is 11.8 Å². The fourth-order valence-corrected chi connectivity index (χ4v) is 4.03. The molecule has 0 bridgehead atoms. The van der Waals surface area contributed by atoms with E-state index in [1.54, 1.807) is 29.2 Å². The molecule has 0 aromatic heterocycles. The summed E-state index contributed by atoms with van der Waals surface area (Å²) in [5.74, 6) is -0.937. The highest BCUT2D eigenvalue weighted by molar-refractivity contribution is 5.87. The van der Waals surface area contributed by atoms with E-state index in [0.717, 1.165) is 11.1 Å². The van der Waals surface area contributed by atoms with E-state index in [0.29, 0.717) is 26.2 Å². The van der Waals surface area contributed by atoms with Gasteiger partial charge in [0.2, 0.25) is 11.8 Å². The number of nitrogens with zero attached hydrogens (tertiary/aromatic N) is 2. The van der Waals surface area contributed by atoms with Crippen LogP contribution in [0.2, 0.25) is 0 Å². The third-order valence-electron chi connectivity index (χ3n) is 5.65. The van der Waals surface area contributed by atoms with Crippen LogP contribution in [-0.2, 0) is 9.59 Å². The minimum Gasteiger partial charge on any atom is -0.344 e. The number of nitrogens with one attached hydrogen (secondary N) is 1. The van der Waals surface area contributed by atoms with Gasteiger partial charge in [-0.25, -0.2) is 8.78 Å². The Morgan fingerprint density at radius 2 is 1.29 bits per heavy atom. The van der Waals surface area contributed by atoms with Gasteiger partial charge in [-0.2, -0.15) is 0 Å². The van der Waals surface area contributed by atoms with Gasteiger partial charge in [0.1, 0.15) is 17.7 Å². The Hall–Kier alpha value is -2.80. The molecule has 2 amide bonds. The number of hydrogen-bond acceptors (Lipinski definition) is 3. The maximum absolute atomic E-state index is 13.5. The number of piperazine rings is 1. The minimum atomic E-state index is -0.547. The van der Waals surface area contributed by atoms with Gasteiger partial charge in [-0.3, -0.25) is 14.5 Å². The fraction of sp³-hybridized carbons (Fsp3) is 0.417. The van der Waals surface area contributed by atoms with Gasteiger partial charge in [0, 0.05) is 33.1 Å². The van der Waals surface area contributed by atoms with E-state index in [-0.39, 0.29) is 35.4 Å². The molecule has 0 unspecified atom stereocenters. The first kappa shape index (κ1) is 22.9. The Morgan fingerprint density at radius 1 is 0.839 bits per heavy atom. The van der Waals surface area contributed by atoms with Crippen LogP contribution in [0.5, 0.6) is 0 Å². The first-order valence-electron chi connectivity index (χ1n) is 10.6. The number of carbonyl (C=O) groups excluding carboxylic acids is 2. The number of amides is 2. The summed E-state index contributed by atoms with van der Waals surface area (Å²) >= 11 is 0. The largest absolute Gasteiger partial charge is 0.344 e. The molecule has 3 rings (SSSR count). The summed E-state index contributed by atoms with van der Waals surface area (Å²) in [4.78, 5) is 28.5. The highest BCUT2D eigenvalue weighted by Gasteiger charge is 2.32. The normalized spacial score (nSPS) is 15.9. The van der Waals surface area contributed by atoms with Gasteiger partial charge < -0.3 is 10.2 Å². The Morgan fingerprint density at radius 3 is 1.68 bits per heavy atom. The van der Waals surface area contributed by atoms with Crippen molar-refractivity contribution in [3.05, 3.63) is 71.3 Å². The number of hydrogen-bond donors (Lipinski definition) is 1. The van der Waals surface area contributed by atoms with Crippen LogP contribution in [0.15, 0.2) is 48.5 Å². The second-order valence-electron chi connectivity index (χ2n) is 8.29. The van der Waals surface area contributed by atoms with Gasteiger partial charge in [0.15, 0.2) is 0 Å². The number of halogens is 2. The Bertz CT molecular complexity index is 847. The van der Waals surface area contributed by atoms with Crippen LogP contribution in [-0.4, -0.2) is 53.8 Å². The Kier molecular flexibility index (Phi) is 7.38. The van der Waals surface area contributed by atoms with Gasteiger partial charge in [-0.05, 0) is 41.3 Å². The molecule has 1 aliphatic rings. The van der Waals surface area contributed by atoms with Crippen molar-refractivity contribution in [2.24, 2.45) is 5.92 Å². The third-order valence-corrected chi connectivity index (χ3v) is 5.65. The lowest BCUT2D eigenvalue weighted by Gasteiger charge is -2.41. The molecule has 0 aliphatic carbocycles. The lowest BCUT2D eigenvalue weighted by Crippen LogP contribution is -2.56. The molecule has 1 saturated heterocycles. The van der Waals surface area contributed by atoms with Gasteiger partial charge in [0.05, 0.1) is 6.04 Å². The fourth-order valence-electron chi connectivity index (χ4n) is 4.03. The summed E-state index contributed by atoms with van der Waals surface area (Å²) in [5, 5.41) is 2.76. The van der Waals surface area contributed by atoms with Crippen LogP contribution < -0.4 is 5.32 Å². The number of rotatable bonds is 6. The van der Waals surface area contributed by atoms with E-state index in [2.05, 4.69) is 10.2 Å². The molecule has 7 heteroatoms. The highest BCUT2D eigenvalue weighted by atomic mass is 19.1. The van der Waals surface area contributed by atoms with Gasteiger partial charge in [-0.15, -0.1) is 0 Å². The zero-order valence-corrected chi connectivity index (χ0v) is 18.1. The van der Waals surface area contributed by atoms with Crippen LogP contribution in [0, 0.1) is 17.6 Å². The molecule has 5 nitrogen and oxygen atoms in total. The van der Waals surface area contributed by atoms with Gasteiger partial charge >= 0.3 is 0 Å². The molecule has 1 N–H and O–H groups in total. The molecule has 1 fully saturated rings. The van der Waals surface area contributed by atoms with Crippen molar-refractivity contribution in [1.29, 1.82) is 0 Å². The number of benzene rings is 2. The standard InChI is InChI=1S/C24H29F2N3O2/c1-16(2)22(27-17(3)30)24(31)29-14-12-28(13-15-29)23(18-4-8-20(25)9-5-18)19-6-10-21(26)11-7-19/h4-11,16,22-23H,12-15H2,1-3H3,(H,27,30)/t22-/m0/s1. The second-order valence-corrected chi connectivity index (χ2v) is 8.29. The average Bonchev–Trinajstić information content (AvgIpc) is 2.74. The molecule has 0 spiro atoms. The first-order chi connectivity index (χ1) is 14.8. The van der Waals surface area contributed by atoms with Crippen molar-refractivity contribution in [1.82, 2.24) is 15.1 Å². The van der Waals surface area contributed by atoms with E-state index in [1.807, 2.05) is 13.8 Å². The van der Waals surface area contributed by atoms with Crippen LogP contribution in [0.25, 0.3) is 0 Å². The maximum Gasteiger partial charge on any atom is 0.245 e. The van der Waals surface area contributed by atoms with E-state index < -0.39 is 6.04 Å². The first-order valence-corrected chi connectivity index (χ1v) is 10.6. The molecular weight excluding hydrogens is 400 g/mol.